The van der Waals surface area contributed by atoms with Crippen molar-refractivity contribution >= 4 is 18.0 Å². The third-order valence-corrected chi connectivity index (χ3v) is 6.72. The zero-order valence-electron chi connectivity index (χ0n) is 19.6. The SMILES string of the molecule is COC(C)(C)CC(NC(=O)OCC1c2ccccc2-c2ccccc21)C(=O)NC1(C(=O)O)CC1. The molecule has 0 aliphatic heterocycles. The number of carboxylic acids is 1. The van der Waals surface area contributed by atoms with Crippen LogP contribution < -0.4 is 10.6 Å². The first-order chi connectivity index (χ1) is 16.2. The first-order valence-electron chi connectivity index (χ1n) is 11.4. The summed E-state index contributed by atoms with van der Waals surface area (Å²) >= 11 is 0. The lowest BCUT2D eigenvalue weighted by atomic mass is 9.97. The quantitative estimate of drug-likeness (QED) is 0.522. The number of nitrogens with one attached hydrogen (secondary N) is 2. The Balaban J connectivity index is 1.45. The molecule has 0 aromatic heterocycles. The number of carboxylic acid groups (broad SMARTS) is 1. The van der Waals surface area contributed by atoms with Crippen LogP contribution in [0.25, 0.3) is 11.1 Å². The molecule has 1 saturated carbocycles. The second kappa shape index (κ2) is 9.10. The summed E-state index contributed by atoms with van der Waals surface area (Å²) in [6.07, 6.45) is 0.128. The van der Waals surface area contributed by atoms with Crippen molar-refractivity contribution in [3.8, 4) is 11.1 Å². The predicted molar refractivity (Wildman–Crippen MR) is 125 cm³/mol. The normalized spacial score (nSPS) is 16.7. The summed E-state index contributed by atoms with van der Waals surface area (Å²) in [5.41, 5.74) is 2.43. The van der Waals surface area contributed by atoms with Gasteiger partial charge in [0.2, 0.25) is 5.91 Å². The Bertz CT molecular complexity index is 1060. The number of hydrogen-bond donors (Lipinski definition) is 3. The molecule has 0 bridgehead atoms. The molecule has 1 fully saturated rings. The molecule has 0 saturated heterocycles. The van der Waals surface area contributed by atoms with Gasteiger partial charge in [0.15, 0.2) is 0 Å². The van der Waals surface area contributed by atoms with E-state index < -0.39 is 35.2 Å². The molecule has 4 rings (SSSR count). The number of benzene rings is 2. The molecule has 180 valence electrons. The van der Waals surface area contributed by atoms with Crippen LogP contribution in [0.1, 0.15) is 50.2 Å². The lowest BCUT2D eigenvalue weighted by Gasteiger charge is -2.29. The van der Waals surface area contributed by atoms with Gasteiger partial charge in [-0.2, -0.15) is 0 Å². The van der Waals surface area contributed by atoms with Crippen LogP contribution in [0, 0.1) is 0 Å². The van der Waals surface area contributed by atoms with Crippen molar-refractivity contribution in [2.24, 2.45) is 0 Å². The molecule has 8 nitrogen and oxygen atoms in total. The molecule has 2 aromatic carbocycles. The Morgan fingerprint density at radius 2 is 1.62 bits per heavy atom. The molecule has 1 atom stereocenters. The second-order valence-electron chi connectivity index (χ2n) is 9.57. The maximum atomic E-state index is 12.9. The third kappa shape index (κ3) is 4.77. The van der Waals surface area contributed by atoms with Crippen molar-refractivity contribution in [1.29, 1.82) is 0 Å². The Morgan fingerprint density at radius 1 is 1.06 bits per heavy atom. The molecular formula is C26H30N2O6. The van der Waals surface area contributed by atoms with Gasteiger partial charge in [-0.25, -0.2) is 9.59 Å². The highest BCUT2D eigenvalue weighted by atomic mass is 16.5. The van der Waals surface area contributed by atoms with Gasteiger partial charge in [0, 0.05) is 19.4 Å². The molecular weight excluding hydrogens is 436 g/mol. The smallest absolute Gasteiger partial charge is 0.407 e. The minimum absolute atomic E-state index is 0.109. The number of aliphatic carboxylic acids is 1. The number of carbonyl (C=O) groups excluding carboxylic acids is 2. The molecule has 0 spiro atoms. The molecule has 8 heteroatoms. The average molecular weight is 467 g/mol. The van der Waals surface area contributed by atoms with Gasteiger partial charge in [-0.3, -0.25) is 4.79 Å². The number of amides is 2. The van der Waals surface area contributed by atoms with E-state index in [9.17, 15) is 19.5 Å². The number of alkyl carbamates (subject to hydrolysis) is 1. The highest BCUT2D eigenvalue weighted by molar-refractivity contribution is 5.93. The lowest BCUT2D eigenvalue weighted by molar-refractivity contribution is -0.143. The Labute approximate surface area is 198 Å². The van der Waals surface area contributed by atoms with E-state index in [0.29, 0.717) is 12.8 Å². The molecule has 2 aliphatic rings. The van der Waals surface area contributed by atoms with Crippen molar-refractivity contribution in [1.82, 2.24) is 10.6 Å². The van der Waals surface area contributed by atoms with E-state index in [1.807, 2.05) is 36.4 Å². The van der Waals surface area contributed by atoms with E-state index >= 15 is 0 Å². The van der Waals surface area contributed by atoms with E-state index in [1.165, 1.54) is 7.11 Å². The first-order valence-corrected chi connectivity index (χ1v) is 11.4. The van der Waals surface area contributed by atoms with Crippen LogP contribution in [0.4, 0.5) is 4.79 Å². The topological polar surface area (TPSA) is 114 Å². The number of fused-ring (bicyclic) bond motifs is 3. The maximum absolute atomic E-state index is 12.9. The molecule has 34 heavy (non-hydrogen) atoms. The second-order valence-corrected chi connectivity index (χ2v) is 9.57. The van der Waals surface area contributed by atoms with Crippen LogP contribution in [0.3, 0.4) is 0 Å². The van der Waals surface area contributed by atoms with Gasteiger partial charge in [-0.15, -0.1) is 0 Å². The van der Waals surface area contributed by atoms with E-state index in [2.05, 4.69) is 22.8 Å². The minimum atomic E-state index is -1.25. The van der Waals surface area contributed by atoms with Crippen LogP contribution in [0.2, 0.25) is 0 Å². The van der Waals surface area contributed by atoms with Gasteiger partial charge in [0.05, 0.1) is 5.60 Å². The zero-order valence-corrected chi connectivity index (χ0v) is 19.6. The molecule has 0 radical (unpaired) electrons. The molecule has 3 N–H and O–H groups in total. The van der Waals surface area contributed by atoms with Crippen LogP contribution in [0.15, 0.2) is 48.5 Å². The number of ether oxygens (including phenoxy) is 2. The van der Waals surface area contributed by atoms with Crippen LogP contribution in [0.5, 0.6) is 0 Å². The standard InChI is InChI=1S/C26H30N2O6/c1-25(2,33-3)14-21(22(29)28-26(12-13-26)23(30)31)27-24(32)34-15-20-18-10-6-4-8-16(18)17-9-5-7-11-19(17)20/h4-11,20-21H,12-15H2,1-3H3,(H,27,32)(H,28,29)(H,30,31). The summed E-state index contributed by atoms with van der Waals surface area (Å²) in [7, 11) is 1.52. The first kappa shape index (κ1) is 23.8. The van der Waals surface area contributed by atoms with Gasteiger partial charge in [0.1, 0.15) is 18.2 Å². The summed E-state index contributed by atoms with van der Waals surface area (Å²) in [4.78, 5) is 37.2. The Hall–Kier alpha value is -3.39. The summed E-state index contributed by atoms with van der Waals surface area (Å²) in [5.74, 6) is -1.76. The van der Waals surface area contributed by atoms with Gasteiger partial charge < -0.3 is 25.2 Å². The summed E-state index contributed by atoms with van der Waals surface area (Å²) in [6.45, 7) is 3.69. The van der Waals surface area contributed by atoms with Crippen molar-refractivity contribution in [3.63, 3.8) is 0 Å². The van der Waals surface area contributed by atoms with Crippen LogP contribution in [-0.4, -0.2) is 54.0 Å². The van der Waals surface area contributed by atoms with Gasteiger partial charge >= 0.3 is 12.1 Å². The van der Waals surface area contributed by atoms with E-state index in [4.69, 9.17) is 9.47 Å². The molecule has 2 aromatic rings. The van der Waals surface area contributed by atoms with Crippen molar-refractivity contribution in [2.75, 3.05) is 13.7 Å². The molecule has 1 unspecified atom stereocenters. The van der Waals surface area contributed by atoms with E-state index in [0.717, 1.165) is 22.3 Å². The van der Waals surface area contributed by atoms with Crippen molar-refractivity contribution in [2.45, 2.75) is 56.2 Å². The Kier molecular flexibility index (Phi) is 6.36. The van der Waals surface area contributed by atoms with Crippen LogP contribution >= 0.6 is 0 Å². The van der Waals surface area contributed by atoms with E-state index in [-0.39, 0.29) is 18.9 Å². The summed E-state index contributed by atoms with van der Waals surface area (Å²) < 4.78 is 11.0. The molecule has 2 amide bonds. The number of methoxy groups -OCH3 is 1. The van der Waals surface area contributed by atoms with Gasteiger partial charge in [-0.05, 0) is 48.9 Å². The fourth-order valence-corrected chi connectivity index (χ4v) is 4.41. The highest BCUT2D eigenvalue weighted by Gasteiger charge is 2.52. The van der Waals surface area contributed by atoms with E-state index in [1.54, 1.807) is 13.8 Å². The fraction of sp³-hybridized carbons (Fsp3) is 0.423. The Morgan fingerprint density at radius 3 is 2.12 bits per heavy atom. The maximum Gasteiger partial charge on any atom is 0.407 e. The van der Waals surface area contributed by atoms with Gasteiger partial charge in [-0.1, -0.05) is 48.5 Å². The van der Waals surface area contributed by atoms with Gasteiger partial charge in [0.25, 0.3) is 0 Å². The van der Waals surface area contributed by atoms with Crippen molar-refractivity contribution < 1.29 is 29.0 Å². The predicted octanol–water partition coefficient (Wildman–Crippen LogP) is 3.44. The lowest BCUT2D eigenvalue weighted by Crippen LogP contribution is -2.55. The third-order valence-electron chi connectivity index (χ3n) is 6.72. The summed E-state index contributed by atoms with van der Waals surface area (Å²) in [5, 5.41) is 14.6. The summed E-state index contributed by atoms with van der Waals surface area (Å²) in [6, 6.07) is 15.0. The minimum Gasteiger partial charge on any atom is -0.480 e. The zero-order chi connectivity index (χ0) is 24.5. The largest absolute Gasteiger partial charge is 0.480 e. The number of rotatable bonds is 9. The molecule has 0 heterocycles. The molecule has 2 aliphatic carbocycles. The monoisotopic (exact) mass is 466 g/mol. The highest BCUT2D eigenvalue weighted by Crippen LogP contribution is 2.44. The fourth-order valence-electron chi connectivity index (χ4n) is 4.41. The average Bonchev–Trinajstić information content (AvgIpc) is 3.53. The van der Waals surface area contributed by atoms with Crippen LogP contribution in [-0.2, 0) is 19.1 Å². The number of hydrogen-bond acceptors (Lipinski definition) is 5. The van der Waals surface area contributed by atoms with Crippen molar-refractivity contribution in [3.05, 3.63) is 59.7 Å². The number of carbonyl (C=O) groups is 3.